The summed E-state index contributed by atoms with van der Waals surface area (Å²) >= 11 is 0. The van der Waals surface area contributed by atoms with Gasteiger partial charge in [0.1, 0.15) is 5.82 Å². The minimum absolute atomic E-state index is 0.391. The standard InChI is InChI=1S/C18H18F2N6/c1-11-6-7-15(25-24-11)26-9-12(10-26)8-21-17-13-4-2-3-5-14(13)22-18(23-17)16(19)20/h2-7,12,16H,8-10H2,1H3,(H,21,22,23). The van der Waals surface area contributed by atoms with Crippen molar-refractivity contribution >= 4 is 22.5 Å². The Kier molecular flexibility index (Phi) is 4.32. The van der Waals surface area contributed by atoms with Crippen LogP contribution in [-0.4, -0.2) is 39.8 Å². The first kappa shape index (κ1) is 16.6. The highest BCUT2D eigenvalue weighted by Gasteiger charge is 2.28. The summed E-state index contributed by atoms with van der Waals surface area (Å²) in [6.07, 6.45) is -2.69. The third-order valence-electron chi connectivity index (χ3n) is 4.44. The summed E-state index contributed by atoms with van der Waals surface area (Å²) in [6.45, 7) is 4.24. The van der Waals surface area contributed by atoms with Gasteiger partial charge in [0, 0.05) is 30.9 Å². The molecule has 3 aromatic rings. The number of fused-ring (bicyclic) bond motifs is 1. The highest BCUT2D eigenvalue weighted by Crippen LogP contribution is 2.26. The van der Waals surface area contributed by atoms with E-state index in [2.05, 4.69) is 30.4 Å². The number of aromatic nitrogens is 4. The van der Waals surface area contributed by atoms with E-state index in [0.717, 1.165) is 30.0 Å². The molecular formula is C18H18F2N6. The van der Waals surface area contributed by atoms with E-state index >= 15 is 0 Å². The highest BCUT2D eigenvalue weighted by molar-refractivity contribution is 5.89. The predicted octanol–water partition coefficient (Wildman–Crippen LogP) is 3.21. The van der Waals surface area contributed by atoms with E-state index in [4.69, 9.17) is 0 Å². The fourth-order valence-electron chi connectivity index (χ4n) is 3.01. The van der Waals surface area contributed by atoms with Crippen LogP contribution in [-0.2, 0) is 0 Å². The van der Waals surface area contributed by atoms with Gasteiger partial charge in [-0.2, -0.15) is 5.10 Å². The molecule has 6 nitrogen and oxygen atoms in total. The van der Waals surface area contributed by atoms with Gasteiger partial charge < -0.3 is 10.2 Å². The van der Waals surface area contributed by atoms with Crippen LogP contribution in [0.3, 0.4) is 0 Å². The van der Waals surface area contributed by atoms with Crippen molar-refractivity contribution in [2.75, 3.05) is 29.9 Å². The van der Waals surface area contributed by atoms with Crippen LogP contribution in [0.5, 0.6) is 0 Å². The van der Waals surface area contributed by atoms with Gasteiger partial charge in [0.05, 0.1) is 11.2 Å². The lowest BCUT2D eigenvalue weighted by Gasteiger charge is -2.40. The van der Waals surface area contributed by atoms with E-state index in [1.165, 1.54) is 0 Å². The Hall–Kier alpha value is -2.90. The SMILES string of the molecule is Cc1ccc(N2CC(CNc3nc(C(F)F)nc4ccccc34)C2)nn1. The summed E-state index contributed by atoms with van der Waals surface area (Å²) in [4.78, 5) is 10.1. The first-order chi connectivity index (χ1) is 12.6. The Labute approximate surface area is 149 Å². The lowest BCUT2D eigenvalue weighted by Crippen LogP contribution is -2.50. The van der Waals surface area contributed by atoms with Crippen LogP contribution in [0.2, 0.25) is 0 Å². The molecule has 4 rings (SSSR count). The third-order valence-corrected chi connectivity index (χ3v) is 4.44. The van der Waals surface area contributed by atoms with Gasteiger partial charge in [-0.3, -0.25) is 0 Å². The monoisotopic (exact) mass is 356 g/mol. The Morgan fingerprint density at radius 2 is 1.92 bits per heavy atom. The number of nitrogens with one attached hydrogen (secondary N) is 1. The molecule has 1 N–H and O–H groups in total. The van der Waals surface area contributed by atoms with Gasteiger partial charge in [-0.15, -0.1) is 5.10 Å². The van der Waals surface area contributed by atoms with E-state index in [0.29, 0.717) is 23.8 Å². The molecule has 0 spiro atoms. The molecule has 2 aromatic heterocycles. The minimum Gasteiger partial charge on any atom is -0.369 e. The molecule has 1 aliphatic rings. The molecule has 0 amide bonds. The number of anilines is 2. The van der Waals surface area contributed by atoms with Crippen molar-refractivity contribution < 1.29 is 8.78 Å². The first-order valence-corrected chi connectivity index (χ1v) is 8.44. The van der Waals surface area contributed by atoms with Crippen molar-refractivity contribution in [2.24, 2.45) is 5.92 Å². The van der Waals surface area contributed by atoms with Gasteiger partial charge in [-0.1, -0.05) is 12.1 Å². The van der Waals surface area contributed by atoms with E-state index < -0.39 is 12.2 Å². The van der Waals surface area contributed by atoms with Crippen LogP contribution < -0.4 is 10.2 Å². The summed E-state index contributed by atoms with van der Waals surface area (Å²) in [7, 11) is 0. The zero-order valence-electron chi connectivity index (χ0n) is 14.2. The van der Waals surface area contributed by atoms with Crippen LogP contribution >= 0.6 is 0 Å². The van der Waals surface area contributed by atoms with Crippen molar-refractivity contribution in [2.45, 2.75) is 13.3 Å². The predicted molar refractivity (Wildman–Crippen MR) is 95.5 cm³/mol. The number of para-hydroxylation sites is 1. The zero-order chi connectivity index (χ0) is 18.1. The third kappa shape index (κ3) is 3.26. The number of alkyl halides is 2. The summed E-state index contributed by atoms with van der Waals surface area (Å²) in [5.41, 5.74) is 1.41. The van der Waals surface area contributed by atoms with Crippen molar-refractivity contribution in [1.82, 2.24) is 20.2 Å². The Bertz CT molecular complexity index is 909. The largest absolute Gasteiger partial charge is 0.369 e. The normalized spacial score (nSPS) is 14.7. The Morgan fingerprint density at radius 1 is 1.12 bits per heavy atom. The lowest BCUT2D eigenvalue weighted by atomic mass is 10.00. The van der Waals surface area contributed by atoms with Crippen molar-refractivity contribution in [3.8, 4) is 0 Å². The maximum Gasteiger partial charge on any atom is 0.297 e. The minimum atomic E-state index is -2.69. The van der Waals surface area contributed by atoms with Gasteiger partial charge in [-0.05, 0) is 31.2 Å². The van der Waals surface area contributed by atoms with Gasteiger partial charge in [0.2, 0.25) is 0 Å². The van der Waals surface area contributed by atoms with Crippen LogP contribution in [0, 0.1) is 12.8 Å². The fourth-order valence-corrected chi connectivity index (χ4v) is 3.01. The van der Waals surface area contributed by atoms with Crippen LogP contribution in [0.15, 0.2) is 36.4 Å². The molecule has 134 valence electrons. The maximum absolute atomic E-state index is 13.0. The van der Waals surface area contributed by atoms with Crippen molar-refractivity contribution in [3.63, 3.8) is 0 Å². The quantitative estimate of drug-likeness (QED) is 0.757. The topological polar surface area (TPSA) is 66.8 Å². The van der Waals surface area contributed by atoms with Gasteiger partial charge in [0.15, 0.2) is 11.6 Å². The molecule has 1 aromatic carbocycles. The summed E-state index contributed by atoms with van der Waals surface area (Å²) in [6, 6.07) is 11.1. The van der Waals surface area contributed by atoms with E-state index in [-0.39, 0.29) is 0 Å². The number of rotatable bonds is 5. The molecule has 0 aliphatic carbocycles. The molecule has 8 heteroatoms. The number of hydrogen-bond donors (Lipinski definition) is 1. The number of aryl methyl sites for hydroxylation is 1. The molecule has 0 radical (unpaired) electrons. The van der Waals surface area contributed by atoms with Crippen LogP contribution in [0.4, 0.5) is 20.4 Å². The smallest absolute Gasteiger partial charge is 0.297 e. The molecule has 0 atom stereocenters. The second-order valence-corrected chi connectivity index (χ2v) is 6.43. The Balaban J connectivity index is 1.43. The average Bonchev–Trinajstić information content (AvgIpc) is 2.61. The van der Waals surface area contributed by atoms with Gasteiger partial charge in [0.25, 0.3) is 6.43 Å². The number of hydrogen-bond acceptors (Lipinski definition) is 6. The summed E-state index contributed by atoms with van der Waals surface area (Å²) in [5, 5.41) is 12.2. The highest BCUT2D eigenvalue weighted by atomic mass is 19.3. The molecular weight excluding hydrogens is 338 g/mol. The number of benzene rings is 1. The number of halogens is 2. The molecule has 0 saturated carbocycles. The zero-order valence-corrected chi connectivity index (χ0v) is 14.2. The Morgan fingerprint density at radius 3 is 2.65 bits per heavy atom. The van der Waals surface area contributed by atoms with E-state index in [1.54, 1.807) is 12.1 Å². The number of nitrogens with zero attached hydrogens (tertiary/aromatic N) is 5. The van der Waals surface area contributed by atoms with Crippen molar-refractivity contribution in [3.05, 3.63) is 47.9 Å². The van der Waals surface area contributed by atoms with Gasteiger partial charge in [-0.25, -0.2) is 18.7 Å². The van der Waals surface area contributed by atoms with Crippen LogP contribution in [0.25, 0.3) is 10.9 Å². The summed E-state index contributed by atoms with van der Waals surface area (Å²) in [5.74, 6) is 1.26. The molecule has 0 unspecified atom stereocenters. The second kappa shape index (κ2) is 6.78. The second-order valence-electron chi connectivity index (χ2n) is 6.43. The van der Waals surface area contributed by atoms with E-state index in [9.17, 15) is 8.78 Å². The average molecular weight is 356 g/mol. The molecule has 26 heavy (non-hydrogen) atoms. The molecule has 1 aliphatic heterocycles. The maximum atomic E-state index is 13.0. The molecule has 1 fully saturated rings. The van der Waals surface area contributed by atoms with Crippen LogP contribution in [0.1, 0.15) is 17.9 Å². The molecule has 1 saturated heterocycles. The van der Waals surface area contributed by atoms with Gasteiger partial charge >= 0.3 is 0 Å². The lowest BCUT2D eigenvalue weighted by molar-refractivity contribution is 0.141. The van der Waals surface area contributed by atoms with Crippen molar-refractivity contribution in [1.29, 1.82) is 0 Å². The summed E-state index contributed by atoms with van der Waals surface area (Å²) < 4.78 is 26.1. The molecule has 0 bridgehead atoms. The fraction of sp³-hybridized carbons (Fsp3) is 0.333. The molecule has 3 heterocycles. The van der Waals surface area contributed by atoms with E-state index in [1.807, 2.05) is 31.2 Å². The first-order valence-electron chi connectivity index (χ1n) is 8.44.